The highest BCUT2D eigenvalue weighted by Gasteiger charge is 2.09. The van der Waals surface area contributed by atoms with Crippen molar-refractivity contribution in [1.82, 2.24) is 5.43 Å². The number of ether oxygens (including phenoxy) is 1. The highest BCUT2D eigenvalue weighted by molar-refractivity contribution is 6.06. The molecule has 0 radical (unpaired) electrons. The van der Waals surface area contributed by atoms with Crippen molar-refractivity contribution < 1.29 is 14.3 Å². The molecule has 0 spiro atoms. The zero-order valence-corrected chi connectivity index (χ0v) is 14.1. The van der Waals surface area contributed by atoms with Gasteiger partial charge in [-0.05, 0) is 43.3 Å². The van der Waals surface area contributed by atoms with E-state index >= 15 is 0 Å². The maximum Gasteiger partial charge on any atom is 0.273 e. The SMILES string of the molecule is COc1ccc(NC(=O)C/C(C)=N/NC(=O)c2ccccc2N)cc1. The molecule has 2 rings (SSSR count). The third-order valence-corrected chi connectivity index (χ3v) is 3.34. The van der Waals surface area contributed by atoms with E-state index in [1.807, 2.05) is 0 Å². The lowest BCUT2D eigenvalue weighted by molar-refractivity contribution is -0.115. The summed E-state index contributed by atoms with van der Waals surface area (Å²) in [5.41, 5.74) is 9.95. The minimum Gasteiger partial charge on any atom is -0.497 e. The van der Waals surface area contributed by atoms with Crippen molar-refractivity contribution in [2.75, 3.05) is 18.2 Å². The molecule has 0 unspecified atom stereocenters. The molecule has 0 fully saturated rings. The standard InChI is InChI=1S/C18H20N4O3/c1-12(21-22-18(24)15-5-3-4-6-16(15)19)11-17(23)20-13-7-9-14(25-2)10-8-13/h3-10H,11,19H2,1-2H3,(H,20,23)(H,22,24)/b21-12+. The van der Waals surface area contributed by atoms with Crippen molar-refractivity contribution in [3.63, 3.8) is 0 Å². The van der Waals surface area contributed by atoms with Crippen LogP contribution in [0.3, 0.4) is 0 Å². The van der Waals surface area contributed by atoms with Crippen molar-refractivity contribution in [1.29, 1.82) is 0 Å². The molecule has 0 saturated heterocycles. The summed E-state index contributed by atoms with van der Waals surface area (Å²) in [4.78, 5) is 24.0. The van der Waals surface area contributed by atoms with E-state index < -0.39 is 5.91 Å². The van der Waals surface area contributed by atoms with Crippen LogP contribution in [0.1, 0.15) is 23.7 Å². The average Bonchev–Trinajstić information content (AvgIpc) is 2.60. The number of nitrogen functional groups attached to an aromatic ring is 1. The Bertz CT molecular complexity index is 785. The third-order valence-electron chi connectivity index (χ3n) is 3.34. The number of amides is 2. The van der Waals surface area contributed by atoms with Crippen LogP contribution >= 0.6 is 0 Å². The van der Waals surface area contributed by atoms with Gasteiger partial charge in [-0.2, -0.15) is 5.10 Å². The molecule has 0 aliphatic rings. The Balaban J connectivity index is 1.88. The molecule has 2 aromatic carbocycles. The molecule has 7 nitrogen and oxygen atoms in total. The van der Waals surface area contributed by atoms with E-state index in [1.54, 1.807) is 62.6 Å². The normalized spacial score (nSPS) is 10.9. The lowest BCUT2D eigenvalue weighted by Crippen LogP contribution is -2.22. The molecule has 7 heteroatoms. The van der Waals surface area contributed by atoms with Crippen LogP contribution < -0.4 is 21.2 Å². The summed E-state index contributed by atoms with van der Waals surface area (Å²) in [6, 6.07) is 13.7. The van der Waals surface area contributed by atoms with Crippen molar-refractivity contribution in [3.05, 3.63) is 54.1 Å². The zero-order valence-electron chi connectivity index (χ0n) is 14.1. The van der Waals surface area contributed by atoms with Gasteiger partial charge in [-0.15, -0.1) is 0 Å². The smallest absolute Gasteiger partial charge is 0.273 e. The number of hydrazone groups is 1. The van der Waals surface area contributed by atoms with Gasteiger partial charge in [0.15, 0.2) is 0 Å². The lowest BCUT2D eigenvalue weighted by atomic mass is 10.2. The fourth-order valence-corrected chi connectivity index (χ4v) is 2.06. The van der Waals surface area contributed by atoms with Gasteiger partial charge in [0.05, 0.1) is 19.1 Å². The number of nitrogens with zero attached hydrogens (tertiary/aromatic N) is 1. The van der Waals surface area contributed by atoms with Crippen LogP contribution in [0.25, 0.3) is 0 Å². The van der Waals surface area contributed by atoms with E-state index in [-0.39, 0.29) is 12.3 Å². The summed E-state index contributed by atoms with van der Waals surface area (Å²) >= 11 is 0. The molecule has 130 valence electrons. The number of hydrogen-bond acceptors (Lipinski definition) is 5. The molecule has 0 saturated carbocycles. The fourth-order valence-electron chi connectivity index (χ4n) is 2.06. The Morgan fingerprint density at radius 3 is 2.44 bits per heavy atom. The first-order valence-electron chi connectivity index (χ1n) is 7.61. The number of benzene rings is 2. The Hall–Kier alpha value is -3.35. The van der Waals surface area contributed by atoms with Gasteiger partial charge in [-0.1, -0.05) is 12.1 Å². The van der Waals surface area contributed by atoms with E-state index in [2.05, 4.69) is 15.8 Å². The van der Waals surface area contributed by atoms with Crippen molar-refractivity contribution in [3.8, 4) is 5.75 Å². The molecule has 4 N–H and O–H groups in total. The summed E-state index contributed by atoms with van der Waals surface area (Å²) < 4.78 is 5.06. The van der Waals surface area contributed by atoms with Gasteiger partial charge in [0.2, 0.25) is 5.91 Å². The van der Waals surface area contributed by atoms with Gasteiger partial charge >= 0.3 is 0 Å². The van der Waals surface area contributed by atoms with Gasteiger partial charge in [0, 0.05) is 17.1 Å². The molecule has 0 aliphatic carbocycles. The lowest BCUT2D eigenvalue weighted by Gasteiger charge is -2.07. The molecule has 0 aliphatic heterocycles. The van der Waals surface area contributed by atoms with Crippen LogP contribution in [-0.4, -0.2) is 24.6 Å². The molecule has 25 heavy (non-hydrogen) atoms. The van der Waals surface area contributed by atoms with Crippen LogP contribution in [0.2, 0.25) is 0 Å². The first-order valence-corrected chi connectivity index (χ1v) is 7.61. The van der Waals surface area contributed by atoms with Crippen LogP contribution in [-0.2, 0) is 4.79 Å². The number of carbonyl (C=O) groups excluding carboxylic acids is 2. The van der Waals surface area contributed by atoms with E-state index in [0.29, 0.717) is 28.4 Å². The number of anilines is 2. The Kier molecular flexibility index (Phi) is 6.11. The van der Waals surface area contributed by atoms with E-state index in [0.717, 1.165) is 0 Å². The molecule has 0 aromatic heterocycles. The molecule has 0 atom stereocenters. The van der Waals surface area contributed by atoms with Crippen LogP contribution in [0.15, 0.2) is 53.6 Å². The molecular formula is C18H20N4O3. The minimum absolute atomic E-state index is 0.0522. The Morgan fingerprint density at radius 2 is 1.80 bits per heavy atom. The number of nitrogens with one attached hydrogen (secondary N) is 2. The van der Waals surface area contributed by atoms with Crippen LogP contribution in [0.5, 0.6) is 5.75 Å². The van der Waals surface area contributed by atoms with Crippen LogP contribution in [0, 0.1) is 0 Å². The monoisotopic (exact) mass is 340 g/mol. The van der Waals surface area contributed by atoms with Crippen LogP contribution in [0.4, 0.5) is 11.4 Å². The number of carbonyl (C=O) groups is 2. The number of para-hydroxylation sites is 1. The van der Waals surface area contributed by atoms with Gasteiger partial charge in [0.25, 0.3) is 5.91 Å². The summed E-state index contributed by atoms with van der Waals surface area (Å²) in [6.45, 7) is 1.65. The van der Waals surface area contributed by atoms with Crippen molar-refractivity contribution >= 4 is 28.9 Å². The summed E-state index contributed by atoms with van der Waals surface area (Å²) in [7, 11) is 1.57. The first-order chi connectivity index (χ1) is 12.0. The molecular weight excluding hydrogens is 320 g/mol. The number of hydrogen-bond donors (Lipinski definition) is 3. The van der Waals surface area contributed by atoms with Gasteiger partial charge in [-0.25, -0.2) is 5.43 Å². The second-order valence-corrected chi connectivity index (χ2v) is 5.33. The Labute approximate surface area is 145 Å². The highest BCUT2D eigenvalue weighted by atomic mass is 16.5. The minimum atomic E-state index is -0.423. The first kappa shape index (κ1) is 18.0. The van der Waals surface area contributed by atoms with Crippen molar-refractivity contribution in [2.45, 2.75) is 13.3 Å². The maximum atomic E-state index is 12.0. The molecule has 2 amide bonds. The summed E-state index contributed by atoms with van der Waals surface area (Å²) in [6.07, 6.45) is 0.0522. The average molecular weight is 340 g/mol. The number of nitrogens with two attached hydrogens (primary N) is 1. The van der Waals surface area contributed by atoms with Crippen molar-refractivity contribution in [2.24, 2.45) is 5.10 Å². The zero-order chi connectivity index (χ0) is 18.2. The highest BCUT2D eigenvalue weighted by Crippen LogP contribution is 2.15. The van der Waals surface area contributed by atoms with Gasteiger partial charge < -0.3 is 15.8 Å². The van der Waals surface area contributed by atoms with Gasteiger partial charge in [0.1, 0.15) is 5.75 Å². The van der Waals surface area contributed by atoms with E-state index in [1.165, 1.54) is 0 Å². The fraction of sp³-hybridized carbons (Fsp3) is 0.167. The summed E-state index contributed by atoms with van der Waals surface area (Å²) in [5, 5.41) is 6.68. The number of methoxy groups -OCH3 is 1. The quantitative estimate of drug-likeness (QED) is 0.426. The molecule has 0 heterocycles. The maximum absolute atomic E-state index is 12.0. The largest absolute Gasteiger partial charge is 0.497 e. The molecule has 2 aromatic rings. The predicted octanol–water partition coefficient (Wildman–Crippen LogP) is 2.41. The Morgan fingerprint density at radius 1 is 1.12 bits per heavy atom. The van der Waals surface area contributed by atoms with Gasteiger partial charge in [-0.3, -0.25) is 9.59 Å². The second-order valence-electron chi connectivity index (χ2n) is 5.33. The van der Waals surface area contributed by atoms with E-state index in [4.69, 9.17) is 10.5 Å². The third kappa shape index (κ3) is 5.35. The van der Waals surface area contributed by atoms with E-state index in [9.17, 15) is 9.59 Å². The predicted molar refractivity (Wildman–Crippen MR) is 97.7 cm³/mol. The second kappa shape index (κ2) is 8.49. The molecule has 0 bridgehead atoms. The summed E-state index contributed by atoms with van der Waals surface area (Å²) in [5.74, 6) is 0.0477. The number of rotatable bonds is 6. The topological polar surface area (TPSA) is 106 Å².